The fourth-order valence-corrected chi connectivity index (χ4v) is 1.53. The zero-order valence-corrected chi connectivity index (χ0v) is 8.70. The van der Waals surface area contributed by atoms with Crippen LogP contribution in [0.2, 0.25) is 0 Å². The number of aromatic nitrogens is 1. The van der Waals surface area contributed by atoms with Gasteiger partial charge in [-0.3, -0.25) is 15.1 Å². The maximum absolute atomic E-state index is 10.8. The molecule has 1 aromatic carbocycles. The number of nitriles is 1. The number of rotatable bonds is 2. The highest BCUT2D eigenvalue weighted by Crippen LogP contribution is 2.27. The molecule has 5 nitrogen and oxygen atoms in total. The maximum Gasteiger partial charge on any atom is 0.290 e. The highest BCUT2D eigenvalue weighted by atomic mass is 16.6. The van der Waals surface area contributed by atoms with Crippen LogP contribution in [0, 0.1) is 21.4 Å². The summed E-state index contributed by atoms with van der Waals surface area (Å²) in [6.07, 6.45) is 1.33. The molecule has 1 heterocycles. The van der Waals surface area contributed by atoms with Gasteiger partial charge in [-0.25, -0.2) is 0 Å². The van der Waals surface area contributed by atoms with Crippen molar-refractivity contribution in [2.45, 2.75) is 0 Å². The van der Waals surface area contributed by atoms with Gasteiger partial charge in [-0.15, -0.1) is 0 Å². The number of benzene rings is 1. The number of nitro groups is 1. The first-order valence-corrected chi connectivity index (χ1v) is 4.83. The Morgan fingerprint density at radius 3 is 2.53 bits per heavy atom. The van der Waals surface area contributed by atoms with Crippen molar-refractivity contribution in [1.82, 2.24) is 4.98 Å². The lowest BCUT2D eigenvalue weighted by Crippen LogP contribution is -1.96. The minimum atomic E-state index is -0.577. The molecule has 0 atom stereocenters. The van der Waals surface area contributed by atoms with Crippen LogP contribution in [-0.2, 0) is 0 Å². The molecule has 0 unspecified atom stereocenters. The Morgan fingerprint density at radius 1 is 1.24 bits per heavy atom. The van der Waals surface area contributed by atoms with Crippen LogP contribution in [0.25, 0.3) is 11.3 Å². The minimum Gasteiger partial charge on any atom is -0.258 e. The van der Waals surface area contributed by atoms with E-state index < -0.39 is 4.92 Å². The summed E-state index contributed by atoms with van der Waals surface area (Å²) in [5, 5.41) is 19.8. The first-order valence-electron chi connectivity index (χ1n) is 4.83. The molecule has 0 bridgehead atoms. The lowest BCUT2D eigenvalue weighted by Gasteiger charge is -2.02. The normalized spacial score (nSPS) is 9.59. The molecular weight excluding hydrogens is 218 g/mol. The summed E-state index contributed by atoms with van der Waals surface area (Å²) in [6, 6.07) is 12.0. The Balaban J connectivity index is 2.68. The van der Waals surface area contributed by atoms with Crippen molar-refractivity contribution in [2.24, 2.45) is 0 Å². The van der Waals surface area contributed by atoms with Gasteiger partial charge < -0.3 is 0 Å². The average Bonchev–Trinajstić information content (AvgIpc) is 2.38. The summed E-state index contributed by atoms with van der Waals surface area (Å²) in [4.78, 5) is 14.3. The fourth-order valence-electron chi connectivity index (χ4n) is 1.53. The van der Waals surface area contributed by atoms with E-state index >= 15 is 0 Å². The molecule has 17 heavy (non-hydrogen) atoms. The van der Waals surface area contributed by atoms with E-state index in [1.807, 2.05) is 12.1 Å². The number of hydrogen-bond acceptors (Lipinski definition) is 4. The zero-order valence-electron chi connectivity index (χ0n) is 8.70. The second-order valence-corrected chi connectivity index (χ2v) is 3.29. The SMILES string of the molecule is N#Cc1c([N+](=O)[O-])ccnc1-c1ccccc1. The Hall–Kier alpha value is -2.74. The maximum atomic E-state index is 10.8. The predicted molar refractivity (Wildman–Crippen MR) is 61.0 cm³/mol. The van der Waals surface area contributed by atoms with Crippen LogP contribution in [0.1, 0.15) is 5.56 Å². The fraction of sp³-hybridized carbons (Fsp3) is 0. The number of pyridine rings is 1. The quantitative estimate of drug-likeness (QED) is 0.581. The van der Waals surface area contributed by atoms with E-state index in [-0.39, 0.29) is 11.3 Å². The van der Waals surface area contributed by atoms with Crippen molar-refractivity contribution in [3.8, 4) is 17.3 Å². The minimum absolute atomic E-state index is 0.0105. The Bertz CT molecular complexity index is 603. The molecular formula is C12H7N3O2. The molecule has 82 valence electrons. The third kappa shape index (κ3) is 1.96. The molecule has 0 aliphatic heterocycles. The van der Waals surface area contributed by atoms with Crippen LogP contribution in [0.5, 0.6) is 0 Å². The van der Waals surface area contributed by atoms with Gasteiger partial charge in [0.05, 0.1) is 10.6 Å². The van der Waals surface area contributed by atoms with Crippen molar-refractivity contribution in [1.29, 1.82) is 5.26 Å². The predicted octanol–water partition coefficient (Wildman–Crippen LogP) is 2.53. The molecule has 0 N–H and O–H groups in total. The first kappa shape index (κ1) is 10.8. The van der Waals surface area contributed by atoms with Gasteiger partial charge >= 0.3 is 0 Å². The second-order valence-electron chi connectivity index (χ2n) is 3.29. The largest absolute Gasteiger partial charge is 0.290 e. The standard InChI is InChI=1S/C12H7N3O2/c13-8-10-11(15(16)17)6-7-14-12(10)9-4-2-1-3-5-9/h1-7H. The van der Waals surface area contributed by atoms with Gasteiger partial charge in [0, 0.05) is 17.8 Å². The number of hydrogen-bond donors (Lipinski definition) is 0. The van der Waals surface area contributed by atoms with E-state index in [9.17, 15) is 10.1 Å². The lowest BCUT2D eigenvalue weighted by atomic mass is 10.1. The molecule has 0 radical (unpaired) electrons. The van der Waals surface area contributed by atoms with E-state index in [0.29, 0.717) is 11.3 Å². The molecule has 0 aliphatic rings. The lowest BCUT2D eigenvalue weighted by molar-refractivity contribution is -0.385. The molecule has 0 amide bonds. The van der Waals surface area contributed by atoms with Crippen molar-refractivity contribution >= 4 is 5.69 Å². The highest BCUT2D eigenvalue weighted by Gasteiger charge is 2.18. The van der Waals surface area contributed by atoms with Crippen molar-refractivity contribution in [3.05, 3.63) is 58.3 Å². The Morgan fingerprint density at radius 2 is 1.94 bits per heavy atom. The molecule has 0 aliphatic carbocycles. The summed E-state index contributed by atoms with van der Waals surface area (Å²) in [5.41, 5.74) is 0.792. The summed E-state index contributed by atoms with van der Waals surface area (Å²) in [6.45, 7) is 0. The van der Waals surface area contributed by atoms with Gasteiger partial charge in [-0.05, 0) is 0 Å². The Labute approximate surface area is 97.1 Å². The van der Waals surface area contributed by atoms with Crippen molar-refractivity contribution in [2.75, 3.05) is 0 Å². The van der Waals surface area contributed by atoms with Crippen molar-refractivity contribution in [3.63, 3.8) is 0 Å². The summed E-state index contributed by atoms with van der Waals surface area (Å²) < 4.78 is 0. The van der Waals surface area contributed by atoms with Gasteiger partial charge in [0.2, 0.25) is 0 Å². The topological polar surface area (TPSA) is 79.8 Å². The third-order valence-electron chi connectivity index (χ3n) is 2.28. The van der Waals surface area contributed by atoms with Gasteiger partial charge in [0.1, 0.15) is 6.07 Å². The smallest absolute Gasteiger partial charge is 0.258 e. The van der Waals surface area contributed by atoms with Crippen LogP contribution in [0.15, 0.2) is 42.6 Å². The van der Waals surface area contributed by atoms with E-state index in [1.165, 1.54) is 12.3 Å². The van der Waals surface area contributed by atoms with Crippen LogP contribution < -0.4 is 0 Å². The summed E-state index contributed by atoms with van der Waals surface area (Å²) in [7, 11) is 0. The molecule has 0 fully saturated rings. The van der Waals surface area contributed by atoms with E-state index in [0.717, 1.165) is 0 Å². The van der Waals surface area contributed by atoms with Crippen LogP contribution in [-0.4, -0.2) is 9.91 Å². The second kappa shape index (κ2) is 4.41. The van der Waals surface area contributed by atoms with Crippen LogP contribution in [0.3, 0.4) is 0 Å². The third-order valence-corrected chi connectivity index (χ3v) is 2.28. The molecule has 0 spiro atoms. The highest BCUT2D eigenvalue weighted by molar-refractivity contribution is 5.71. The summed E-state index contributed by atoms with van der Waals surface area (Å²) >= 11 is 0. The molecule has 0 saturated heterocycles. The van der Waals surface area contributed by atoms with Gasteiger partial charge in [0.15, 0.2) is 5.56 Å². The molecule has 1 aromatic heterocycles. The summed E-state index contributed by atoms with van der Waals surface area (Å²) in [5.74, 6) is 0. The van der Waals surface area contributed by atoms with Crippen molar-refractivity contribution < 1.29 is 4.92 Å². The molecule has 2 aromatic rings. The zero-order chi connectivity index (χ0) is 12.3. The number of nitrogens with zero attached hydrogens (tertiary/aromatic N) is 3. The van der Waals surface area contributed by atoms with E-state index in [2.05, 4.69) is 4.98 Å². The first-order chi connectivity index (χ1) is 8.24. The Kier molecular flexibility index (Phi) is 2.79. The average molecular weight is 225 g/mol. The van der Waals surface area contributed by atoms with Crippen LogP contribution >= 0.6 is 0 Å². The van der Waals surface area contributed by atoms with Crippen LogP contribution in [0.4, 0.5) is 5.69 Å². The molecule has 2 rings (SSSR count). The van der Waals surface area contributed by atoms with Gasteiger partial charge in [0.25, 0.3) is 5.69 Å². The van der Waals surface area contributed by atoms with E-state index in [4.69, 9.17) is 5.26 Å². The van der Waals surface area contributed by atoms with Gasteiger partial charge in [-0.2, -0.15) is 5.26 Å². The molecule has 5 heteroatoms. The van der Waals surface area contributed by atoms with E-state index in [1.54, 1.807) is 24.3 Å². The van der Waals surface area contributed by atoms with Gasteiger partial charge in [-0.1, -0.05) is 30.3 Å². The molecule has 0 saturated carbocycles. The monoisotopic (exact) mass is 225 g/mol.